The number of ether oxygens (including phenoxy) is 2. The zero-order valence-corrected chi connectivity index (χ0v) is 19.7. The maximum absolute atomic E-state index is 13.1. The van der Waals surface area contributed by atoms with Crippen molar-refractivity contribution < 1.29 is 24.2 Å². The van der Waals surface area contributed by atoms with Crippen LogP contribution >= 0.6 is 11.6 Å². The fourth-order valence-corrected chi connectivity index (χ4v) is 4.02. The molecule has 1 aliphatic rings. The van der Waals surface area contributed by atoms with E-state index in [1.54, 1.807) is 43.5 Å². The third-order valence-corrected chi connectivity index (χ3v) is 5.76. The maximum atomic E-state index is 13.1. The molecule has 0 aliphatic carbocycles. The van der Waals surface area contributed by atoms with Gasteiger partial charge in [-0.15, -0.1) is 0 Å². The standard InChI is InChI=1S/C25H28ClNO5/c1-14(2)32-11-10-27-22(17-6-8-18(26)9-7-17)21(24(29)25(27)30)23(28)19-12-16(4)20(31-5)13-15(19)3/h6-9,12-14,22,28H,10-11H2,1-5H3/b23-21+. The molecule has 1 fully saturated rings. The molecule has 1 atom stereocenters. The van der Waals surface area contributed by atoms with Gasteiger partial charge in [0.1, 0.15) is 11.5 Å². The van der Waals surface area contributed by atoms with Crippen LogP contribution in [0.15, 0.2) is 42.0 Å². The zero-order valence-electron chi connectivity index (χ0n) is 18.9. The van der Waals surface area contributed by atoms with Gasteiger partial charge in [0.2, 0.25) is 0 Å². The van der Waals surface area contributed by atoms with Crippen LogP contribution in [0.3, 0.4) is 0 Å². The molecular weight excluding hydrogens is 430 g/mol. The van der Waals surface area contributed by atoms with Crippen LogP contribution < -0.4 is 4.74 Å². The lowest BCUT2D eigenvalue weighted by atomic mass is 9.93. The Labute approximate surface area is 193 Å². The van der Waals surface area contributed by atoms with Gasteiger partial charge in [-0.3, -0.25) is 9.59 Å². The topological polar surface area (TPSA) is 76.1 Å². The molecule has 1 aliphatic heterocycles. The number of likely N-dealkylation sites (tertiary alicyclic amines) is 1. The first-order chi connectivity index (χ1) is 15.1. The SMILES string of the molecule is COc1cc(C)c(/C(O)=C2\C(=O)C(=O)N(CCOC(C)C)C2c2ccc(Cl)cc2)cc1C. The van der Waals surface area contributed by atoms with E-state index in [-0.39, 0.29) is 30.6 Å². The van der Waals surface area contributed by atoms with Gasteiger partial charge in [-0.2, -0.15) is 0 Å². The number of aryl methyl sites for hydroxylation is 2. The molecular formula is C25H28ClNO5. The van der Waals surface area contributed by atoms with Gasteiger partial charge < -0.3 is 19.5 Å². The summed E-state index contributed by atoms with van der Waals surface area (Å²) in [6.45, 7) is 7.97. The summed E-state index contributed by atoms with van der Waals surface area (Å²) in [7, 11) is 1.58. The Hall–Kier alpha value is -2.83. The van der Waals surface area contributed by atoms with E-state index in [4.69, 9.17) is 21.1 Å². The Bertz CT molecular complexity index is 1060. The molecule has 1 N–H and O–H groups in total. The molecule has 7 heteroatoms. The second-order valence-electron chi connectivity index (χ2n) is 8.10. The number of hydrogen-bond acceptors (Lipinski definition) is 5. The lowest BCUT2D eigenvalue weighted by Crippen LogP contribution is -2.33. The smallest absolute Gasteiger partial charge is 0.295 e. The summed E-state index contributed by atoms with van der Waals surface area (Å²) in [5, 5.41) is 11.8. The van der Waals surface area contributed by atoms with Crippen LogP contribution in [0.4, 0.5) is 0 Å². The summed E-state index contributed by atoms with van der Waals surface area (Å²) >= 11 is 6.05. The summed E-state index contributed by atoms with van der Waals surface area (Å²) in [5.41, 5.74) is 2.76. The monoisotopic (exact) mass is 457 g/mol. The van der Waals surface area contributed by atoms with Gasteiger partial charge in [-0.25, -0.2) is 0 Å². The van der Waals surface area contributed by atoms with E-state index >= 15 is 0 Å². The van der Waals surface area contributed by atoms with Gasteiger partial charge in [0.15, 0.2) is 0 Å². The van der Waals surface area contributed by atoms with E-state index in [9.17, 15) is 14.7 Å². The number of aliphatic hydroxyl groups is 1. The number of carbonyl (C=O) groups excluding carboxylic acids is 2. The maximum Gasteiger partial charge on any atom is 0.295 e. The molecule has 2 aromatic carbocycles. The quantitative estimate of drug-likeness (QED) is 0.366. The van der Waals surface area contributed by atoms with E-state index in [2.05, 4.69) is 0 Å². The fraction of sp³-hybridized carbons (Fsp3) is 0.360. The number of benzene rings is 2. The fourth-order valence-electron chi connectivity index (χ4n) is 3.90. The molecule has 32 heavy (non-hydrogen) atoms. The van der Waals surface area contributed by atoms with Gasteiger partial charge in [-0.1, -0.05) is 23.7 Å². The molecule has 0 radical (unpaired) electrons. The van der Waals surface area contributed by atoms with Crippen LogP contribution in [0.5, 0.6) is 5.75 Å². The molecule has 1 heterocycles. The second kappa shape index (κ2) is 9.76. The van der Waals surface area contributed by atoms with Crippen molar-refractivity contribution in [3.63, 3.8) is 0 Å². The summed E-state index contributed by atoms with van der Waals surface area (Å²) in [5.74, 6) is -0.917. The lowest BCUT2D eigenvalue weighted by molar-refractivity contribution is -0.140. The molecule has 0 spiro atoms. The minimum absolute atomic E-state index is 0.00859. The molecule has 6 nitrogen and oxygen atoms in total. The molecule has 1 saturated heterocycles. The van der Waals surface area contributed by atoms with Gasteiger partial charge in [-0.05, 0) is 68.7 Å². The molecule has 3 rings (SSSR count). The lowest BCUT2D eigenvalue weighted by Gasteiger charge is -2.26. The number of halogens is 1. The first kappa shape index (κ1) is 23.8. The van der Waals surface area contributed by atoms with Crippen molar-refractivity contribution in [1.82, 2.24) is 4.90 Å². The van der Waals surface area contributed by atoms with Crippen molar-refractivity contribution in [3.8, 4) is 5.75 Å². The van der Waals surface area contributed by atoms with Crippen molar-refractivity contribution in [2.45, 2.75) is 39.8 Å². The number of ketones is 1. The van der Waals surface area contributed by atoms with Crippen molar-refractivity contribution in [1.29, 1.82) is 0 Å². The molecule has 0 aromatic heterocycles. The molecule has 2 aromatic rings. The minimum atomic E-state index is -0.746. The highest BCUT2D eigenvalue weighted by molar-refractivity contribution is 6.46. The number of carbonyl (C=O) groups is 2. The van der Waals surface area contributed by atoms with Crippen LogP contribution in [0, 0.1) is 13.8 Å². The predicted octanol–water partition coefficient (Wildman–Crippen LogP) is 4.81. The van der Waals surface area contributed by atoms with Crippen LogP contribution in [0.2, 0.25) is 5.02 Å². The van der Waals surface area contributed by atoms with Crippen molar-refractivity contribution in [2.75, 3.05) is 20.3 Å². The zero-order chi connectivity index (χ0) is 23.6. The number of rotatable bonds is 7. The number of hydrogen-bond donors (Lipinski definition) is 1. The van der Waals surface area contributed by atoms with Crippen LogP contribution in [-0.2, 0) is 14.3 Å². The summed E-state index contributed by atoms with van der Waals surface area (Å²) in [6.07, 6.45) is -0.00859. The largest absolute Gasteiger partial charge is 0.507 e. The van der Waals surface area contributed by atoms with Gasteiger partial charge in [0.05, 0.1) is 31.4 Å². The first-order valence-electron chi connectivity index (χ1n) is 10.5. The summed E-state index contributed by atoms with van der Waals surface area (Å²) in [4.78, 5) is 27.5. The van der Waals surface area contributed by atoms with Crippen molar-refractivity contribution in [3.05, 3.63) is 69.2 Å². The molecule has 1 amide bonds. The Morgan fingerprint density at radius 3 is 2.38 bits per heavy atom. The van der Waals surface area contributed by atoms with Gasteiger partial charge in [0, 0.05) is 17.1 Å². The summed E-state index contributed by atoms with van der Waals surface area (Å²) < 4.78 is 11.0. The van der Waals surface area contributed by atoms with Crippen LogP contribution in [-0.4, -0.2) is 48.1 Å². The number of nitrogens with zero attached hydrogens (tertiary/aromatic N) is 1. The normalized spacial score (nSPS) is 18.0. The highest BCUT2D eigenvalue weighted by atomic mass is 35.5. The number of amides is 1. The average molecular weight is 458 g/mol. The third-order valence-electron chi connectivity index (χ3n) is 5.51. The number of methoxy groups -OCH3 is 1. The van der Waals surface area contributed by atoms with Crippen molar-refractivity contribution in [2.24, 2.45) is 0 Å². The van der Waals surface area contributed by atoms with E-state index in [0.29, 0.717) is 21.9 Å². The average Bonchev–Trinajstić information content (AvgIpc) is 3.00. The van der Waals surface area contributed by atoms with E-state index in [1.165, 1.54) is 4.90 Å². The highest BCUT2D eigenvalue weighted by Crippen LogP contribution is 2.40. The van der Waals surface area contributed by atoms with E-state index < -0.39 is 17.7 Å². The first-order valence-corrected chi connectivity index (χ1v) is 10.8. The van der Waals surface area contributed by atoms with Crippen LogP contribution in [0.25, 0.3) is 5.76 Å². The van der Waals surface area contributed by atoms with Gasteiger partial charge >= 0.3 is 0 Å². The summed E-state index contributed by atoms with van der Waals surface area (Å²) in [6, 6.07) is 9.73. The minimum Gasteiger partial charge on any atom is -0.507 e. The molecule has 0 bridgehead atoms. The Balaban J connectivity index is 2.15. The molecule has 0 saturated carbocycles. The number of Topliss-reactive ketones (excluding diaryl/α,β-unsaturated/α-hetero) is 1. The Kier molecular flexibility index (Phi) is 7.26. The molecule has 1 unspecified atom stereocenters. The van der Waals surface area contributed by atoms with Gasteiger partial charge in [0.25, 0.3) is 11.7 Å². The Morgan fingerprint density at radius 2 is 1.78 bits per heavy atom. The van der Waals surface area contributed by atoms with E-state index in [0.717, 1.165) is 11.1 Å². The van der Waals surface area contributed by atoms with Crippen LogP contribution in [0.1, 0.15) is 42.1 Å². The predicted molar refractivity (Wildman–Crippen MR) is 124 cm³/mol. The number of aliphatic hydroxyl groups excluding tert-OH is 1. The third kappa shape index (κ3) is 4.66. The second-order valence-corrected chi connectivity index (χ2v) is 8.54. The van der Waals surface area contributed by atoms with Crippen molar-refractivity contribution >= 4 is 29.1 Å². The van der Waals surface area contributed by atoms with E-state index in [1.807, 2.05) is 27.7 Å². The molecule has 170 valence electrons. The highest BCUT2D eigenvalue weighted by Gasteiger charge is 2.46. The Morgan fingerprint density at radius 1 is 1.12 bits per heavy atom.